The molecule has 2 bridgehead atoms. The van der Waals surface area contributed by atoms with Crippen LogP contribution in [0.5, 0.6) is 5.75 Å². The number of piperidine rings is 1. The monoisotopic (exact) mass is 508 g/mol. The van der Waals surface area contributed by atoms with Gasteiger partial charge in [-0.3, -0.25) is 0 Å². The van der Waals surface area contributed by atoms with Gasteiger partial charge in [-0.25, -0.2) is 4.79 Å². The van der Waals surface area contributed by atoms with Crippen LogP contribution in [-0.4, -0.2) is 46.3 Å². The predicted molar refractivity (Wildman–Crippen MR) is 123 cm³/mol. The highest BCUT2D eigenvalue weighted by atomic mass is 19.4. The first kappa shape index (κ1) is 24.9. The van der Waals surface area contributed by atoms with Crippen LogP contribution in [0.2, 0.25) is 0 Å². The lowest BCUT2D eigenvalue weighted by Gasteiger charge is -2.39. The maximum atomic E-state index is 13.0. The fourth-order valence-corrected chi connectivity index (χ4v) is 5.29. The summed E-state index contributed by atoms with van der Waals surface area (Å²) < 4.78 is 60.8. The summed E-state index contributed by atoms with van der Waals surface area (Å²) in [7, 11) is 0. The molecule has 36 heavy (non-hydrogen) atoms. The van der Waals surface area contributed by atoms with Crippen LogP contribution in [0.1, 0.15) is 76.5 Å². The summed E-state index contributed by atoms with van der Waals surface area (Å²) in [5, 5.41) is 4.14. The molecular weight excluding hydrogens is 477 g/mol. The minimum Gasteiger partial charge on any atom is -0.444 e. The van der Waals surface area contributed by atoms with E-state index in [1.54, 1.807) is 12.1 Å². The van der Waals surface area contributed by atoms with E-state index in [0.29, 0.717) is 29.9 Å². The van der Waals surface area contributed by atoms with E-state index in [1.165, 1.54) is 12.1 Å². The largest absolute Gasteiger partial charge is 0.573 e. The zero-order valence-corrected chi connectivity index (χ0v) is 20.6. The molecule has 7 nitrogen and oxygen atoms in total. The number of rotatable bonds is 6. The summed E-state index contributed by atoms with van der Waals surface area (Å²) >= 11 is 0. The second kappa shape index (κ2) is 9.28. The number of halogens is 3. The number of aromatic nitrogens is 1. The van der Waals surface area contributed by atoms with Crippen molar-refractivity contribution in [3.63, 3.8) is 0 Å². The lowest BCUT2D eigenvalue weighted by Crippen LogP contribution is -2.50. The second-order valence-corrected chi connectivity index (χ2v) is 10.9. The molecule has 0 radical (unpaired) electrons. The SMILES string of the molecule is CC(C)(C)OC(=O)N1[C@@H]2CC[C@H]1CC(OCc1c(-c3ccccc3OC(F)(F)F)noc1C1CC1)C2. The molecule has 10 heteroatoms. The Morgan fingerprint density at radius 1 is 1.08 bits per heavy atom. The summed E-state index contributed by atoms with van der Waals surface area (Å²) in [5.74, 6) is 0.539. The van der Waals surface area contributed by atoms with E-state index in [-0.39, 0.29) is 48.1 Å². The van der Waals surface area contributed by atoms with Gasteiger partial charge < -0.3 is 23.6 Å². The van der Waals surface area contributed by atoms with Crippen molar-refractivity contribution in [2.45, 2.75) is 102 Å². The Morgan fingerprint density at radius 3 is 2.36 bits per heavy atom. The topological polar surface area (TPSA) is 74.0 Å². The average Bonchev–Trinajstić information content (AvgIpc) is 3.47. The molecule has 3 aliphatic rings. The summed E-state index contributed by atoms with van der Waals surface area (Å²) in [4.78, 5) is 14.6. The number of carbonyl (C=O) groups excluding carboxylic acids is 1. The van der Waals surface area contributed by atoms with Gasteiger partial charge in [-0.15, -0.1) is 13.2 Å². The molecule has 1 aliphatic carbocycles. The van der Waals surface area contributed by atoms with Gasteiger partial charge in [0.2, 0.25) is 0 Å². The van der Waals surface area contributed by atoms with E-state index < -0.39 is 12.0 Å². The first-order valence-corrected chi connectivity index (χ1v) is 12.4. The molecule has 3 heterocycles. The minimum atomic E-state index is -4.82. The van der Waals surface area contributed by atoms with Gasteiger partial charge in [0.15, 0.2) is 0 Å². The minimum absolute atomic E-state index is 0.0503. The van der Waals surface area contributed by atoms with Crippen LogP contribution < -0.4 is 4.74 Å². The highest BCUT2D eigenvalue weighted by molar-refractivity contribution is 5.71. The van der Waals surface area contributed by atoms with E-state index in [0.717, 1.165) is 25.7 Å². The van der Waals surface area contributed by atoms with E-state index in [1.807, 2.05) is 25.7 Å². The molecule has 1 unspecified atom stereocenters. The third-order valence-electron chi connectivity index (χ3n) is 6.89. The molecule has 1 amide bonds. The molecule has 0 spiro atoms. The molecule has 3 atom stereocenters. The summed E-state index contributed by atoms with van der Waals surface area (Å²) in [6, 6.07) is 6.03. The number of hydrogen-bond acceptors (Lipinski definition) is 6. The van der Waals surface area contributed by atoms with Crippen molar-refractivity contribution in [2.24, 2.45) is 0 Å². The van der Waals surface area contributed by atoms with Crippen molar-refractivity contribution < 1.29 is 36.7 Å². The standard InChI is InChI=1S/C26H31F3N2O5/c1-25(2,3)35-24(32)31-16-10-11-17(31)13-18(12-16)33-14-20-22(30-36-23(20)15-8-9-15)19-6-4-5-7-21(19)34-26(27,28)29/h4-7,15-18H,8-14H2,1-3H3/t16-,17+,18?. The Labute approximate surface area is 207 Å². The van der Waals surface area contributed by atoms with Gasteiger partial charge in [0.25, 0.3) is 0 Å². The van der Waals surface area contributed by atoms with Gasteiger partial charge in [-0.1, -0.05) is 17.3 Å². The molecule has 5 rings (SSSR count). The van der Waals surface area contributed by atoms with Gasteiger partial charge >= 0.3 is 12.5 Å². The van der Waals surface area contributed by atoms with Crippen molar-refractivity contribution in [1.82, 2.24) is 10.1 Å². The fraction of sp³-hybridized carbons (Fsp3) is 0.615. The molecule has 196 valence electrons. The quantitative estimate of drug-likeness (QED) is 0.440. The first-order valence-electron chi connectivity index (χ1n) is 12.4. The predicted octanol–water partition coefficient (Wildman–Crippen LogP) is 6.56. The Morgan fingerprint density at radius 2 is 1.75 bits per heavy atom. The van der Waals surface area contributed by atoms with Gasteiger partial charge in [0.05, 0.1) is 12.7 Å². The molecule has 2 saturated heterocycles. The lowest BCUT2D eigenvalue weighted by atomic mass is 9.99. The van der Waals surface area contributed by atoms with Crippen molar-refractivity contribution in [2.75, 3.05) is 0 Å². The number of ether oxygens (including phenoxy) is 3. The number of nitrogens with zero attached hydrogens (tertiary/aromatic N) is 2. The molecular formula is C26H31F3N2O5. The van der Waals surface area contributed by atoms with Crippen LogP contribution >= 0.6 is 0 Å². The molecule has 1 aromatic heterocycles. The Hall–Kier alpha value is -2.75. The van der Waals surface area contributed by atoms with Crippen LogP contribution in [-0.2, 0) is 16.1 Å². The lowest BCUT2D eigenvalue weighted by molar-refractivity contribution is -0.274. The summed E-state index contributed by atoms with van der Waals surface area (Å²) in [5.41, 5.74) is 0.632. The normalized spacial score (nSPS) is 24.2. The summed E-state index contributed by atoms with van der Waals surface area (Å²) in [6.45, 7) is 5.74. The molecule has 2 aromatic rings. The van der Waals surface area contributed by atoms with Crippen molar-refractivity contribution in [3.8, 4) is 17.0 Å². The van der Waals surface area contributed by atoms with Gasteiger partial charge in [0.1, 0.15) is 22.8 Å². The van der Waals surface area contributed by atoms with E-state index in [9.17, 15) is 18.0 Å². The van der Waals surface area contributed by atoms with E-state index >= 15 is 0 Å². The van der Waals surface area contributed by atoms with E-state index in [2.05, 4.69) is 9.89 Å². The van der Waals surface area contributed by atoms with E-state index in [4.69, 9.17) is 14.0 Å². The highest BCUT2D eigenvalue weighted by Crippen LogP contribution is 2.46. The average molecular weight is 509 g/mol. The molecule has 2 aliphatic heterocycles. The van der Waals surface area contributed by atoms with Crippen LogP contribution in [0.3, 0.4) is 0 Å². The smallest absolute Gasteiger partial charge is 0.444 e. The molecule has 0 N–H and O–H groups in total. The van der Waals surface area contributed by atoms with Gasteiger partial charge in [-0.05, 0) is 71.4 Å². The number of amides is 1. The third kappa shape index (κ3) is 5.48. The molecule has 1 saturated carbocycles. The zero-order valence-electron chi connectivity index (χ0n) is 20.6. The second-order valence-electron chi connectivity index (χ2n) is 10.9. The maximum Gasteiger partial charge on any atom is 0.573 e. The van der Waals surface area contributed by atoms with Crippen LogP contribution in [0.15, 0.2) is 28.8 Å². The van der Waals surface area contributed by atoms with Gasteiger partial charge in [-0.2, -0.15) is 0 Å². The Balaban J connectivity index is 1.32. The van der Waals surface area contributed by atoms with Crippen LogP contribution in [0.4, 0.5) is 18.0 Å². The Bertz CT molecular complexity index is 1090. The molecule has 1 aromatic carbocycles. The number of para-hydroxylation sites is 1. The fourth-order valence-electron chi connectivity index (χ4n) is 5.29. The van der Waals surface area contributed by atoms with Crippen LogP contribution in [0, 0.1) is 0 Å². The zero-order chi connectivity index (χ0) is 25.7. The first-order chi connectivity index (χ1) is 17.0. The van der Waals surface area contributed by atoms with Crippen molar-refractivity contribution in [1.29, 1.82) is 0 Å². The number of benzene rings is 1. The van der Waals surface area contributed by atoms with Crippen molar-refractivity contribution >= 4 is 6.09 Å². The summed E-state index contributed by atoms with van der Waals surface area (Å²) in [6.07, 6.45) is -0.134. The van der Waals surface area contributed by atoms with Gasteiger partial charge in [0, 0.05) is 29.1 Å². The highest BCUT2D eigenvalue weighted by Gasteiger charge is 2.45. The van der Waals surface area contributed by atoms with Crippen molar-refractivity contribution in [3.05, 3.63) is 35.6 Å². The maximum absolute atomic E-state index is 13.0. The van der Waals surface area contributed by atoms with Crippen LogP contribution in [0.25, 0.3) is 11.3 Å². The number of hydrogen-bond donors (Lipinski definition) is 0. The number of fused-ring (bicyclic) bond motifs is 2. The number of alkyl halides is 3. The number of carbonyl (C=O) groups is 1. The third-order valence-corrected chi connectivity index (χ3v) is 6.89. The Kier molecular flexibility index (Phi) is 6.43. The molecule has 3 fully saturated rings.